The van der Waals surface area contributed by atoms with E-state index in [-0.39, 0.29) is 5.91 Å². The Balaban J connectivity index is 2.39. The second-order valence-corrected chi connectivity index (χ2v) is 6.90. The third kappa shape index (κ3) is 5.55. The Morgan fingerprint density at radius 1 is 1.08 bits per heavy atom. The van der Waals surface area contributed by atoms with E-state index in [1.165, 1.54) is 0 Å². The Morgan fingerprint density at radius 2 is 1.73 bits per heavy atom. The van der Waals surface area contributed by atoms with Gasteiger partial charge in [0.25, 0.3) is 5.91 Å². The van der Waals surface area contributed by atoms with Crippen molar-refractivity contribution in [3.63, 3.8) is 0 Å². The van der Waals surface area contributed by atoms with Crippen LogP contribution in [0.2, 0.25) is 0 Å². The normalized spacial score (nSPS) is 10.8. The predicted octanol–water partition coefficient (Wildman–Crippen LogP) is 4.47. The minimum absolute atomic E-state index is 0.0270. The lowest BCUT2D eigenvalue weighted by Crippen LogP contribution is -2.33. The average molecular weight is 354 g/mol. The highest BCUT2D eigenvalue weighted by Gasteiger charge is 2.18. The van der Waals surface area contributed by atoms with E-state index in [0.717, 1.165) is 38.0 Å². The fourth-order valence-electron chi connectivity index (χ4n) is 2.69. The monoisotopic (exact) mass is 354 g/mol. The summed E-state index contributed by atoms with van der Waals surface area (Å²) in [6.45, 7) is 10.7. The quantitative estimate of drug-likeness (QED) is 0.721. The van der Waals surface area contributed by atoms with E-state index in [1.54, 1.807) is 6.07 Å². The van der Waals surface area contributed by atoms with Crippen LogP contribution in [-0.4, -0.2) is 40.4 Å². The molecule has 0 saturated carbocycles. The van der Waals surface area contributed by atoms with Gasteiger partial charge in [-0.2, -0.15) is 0 Å². The summed E-state index contributed by atoms with van der Waals surface area (Å²) in [5.74, 6) is 1.74. The zero-order valence-corrected chi connectivity index (χ0v) is 16.3. The van der Waals surface area contributed by atoms with Crippen molar-refractivity contribution in [2.75, 3.05) is 25.0 Å². The third-order valence-corrected chi connectivity index (χ3v) is 3.94. The summed E-state index contributed by atoms with van der Waals surface area (Å²) in [5.41, 5.74) is 1.36. The van der Waals surface area contributed by atoms with E-state index in [4.69, 9.17) is 0 Å². The molecule has 0 radical (unpaired) electrons. The zero-order valence-electron chi connectivity index (χ0n) is 16.3. The Bertz CT molecular complexity index is 694. The van der Waals surface area contributed by atoms with Crippen LogP contribution in [0.15, 0.2) is 36.4 Å². The number of nitrogens with zero attached hydrogens (tertiary/aromatic N) is 3. The molecule has 26 heavy (non-hydrogen) atoms. The van der Waals surface area contributed by atoms with E-state index in [1.807, 2.05) is 35.2 Å². The first-order valence-corrected chi connectivity index (χ1v) is 9.52. The maximum atomic E-state index is 13.0. The van der Waals surface area contributed by atoms with Gasteiger partial charge in [0.15, 0.2) is 5.82 Å². The average Bonchev–Trinajstić information content (AvgIpc) is 2.66. The molecule has 140 valence electrons. The van der Waals surface area contributed by atoms with Crippen molar-refractivity contribution in [3.8, 4) is 11.4 Å². The van der Waals surface area contributed by atoms with Crippen molar-refractivity contribution in [3.05, 3.63) is 42.1 Å². The molecule has 0 aliphatic rings. The molecule has 0 atom stereocenters. The smallest absolute Gasteiger partial charge is 0.272 e. The van der Waals surface area contributed by atoms with E-state index >= 15 is 0 Å². The lowest BCUT2D eigenvalue weighted by molar-refractivity contribution is 0.0749. The largest absolute Gasteiger partial charge is 0.370 e. The molecule has 1 N–H and O–H groups in total. The third-order valence-electron chi connectivity index (χ3n) is 3.94. The van der Waals surface area contributed by atoms with Gasteiger partial charge in [-0.1, -0.05) is 58.0 Å². The topological polar surface area (TPSA) is 58.1 Å². The van der Waals surface area contributed by atoms with Crippen LogP contribution in [0.25, 0.3) is 11.4 Å². The van der Waals surface area contributed by atoms with Gasteiger partial charge in [0.1, 0.15) is 11.5 Å². The molecule has 5 heteroatoms. The number of carbonyl (C=O) groups is 1. The molecular weight excluding hydrogens is 324 g/mol. The van der Waals surface area contributed by atoms with Crippen LogP contribution < -0.4 is 5.32 Å². The van der Waals surface area contributed by atoms with Gasteiger partial charge in [-0.3, -0.25) is 4.79 Å². The van der Waals surface area contributed by atoms with Crippen LogP contribution in [-0.2, 0) is 0 Å². The maximum absolute atomic E-state index is 13.0. The number of carbonyl (C=O) groups excluding carboxylic acids is 1. The molecular formula is C21H30N4O. The number of amides is 1. The van der Waals surface area contributed by atoms with Crippen molar-refractivity contribution in [1.82, 2.24) is 14.9 Å². The molecule has 1 heterocycles. The van der Waals surface area contributed by atoms with Crippen LogP contribution in [0.3, 0.4) is 0 Å². The van der Waals surface area contributed by atoms with Gasteiger partial charge in [-0.25, -0.2) is 9.97 Å². The fourth-order valence-corrected chi connectivity index (χ4v) is 2.69. The Labute approximate surface area is 156 Å². The molecule has 0 fully saturated rings. The second-order valence-electron chi connectivity index (χ2n) is 6.90. The predicted molar refractivity (Wildman–Crippen MR) is 107 cm³/mol. The van der Waals surface area contributed by atoms with Crippen molar-refractivity contribution >= 4 is 11.7 Å². The van der Waals surface area contributed by atoms with Crippen LogP contribution in [0, 0.1) is 5.92 Å². The standard InChI is InChI=1S/C21H30N4O/c1-5-12-25(13-6-2)21(26)18-14-19(22-15-16(3)4)24-20(23-18)17-10-8-7-9-11-17/h7-11,14,16H,5-6,12-13,15H2,1-4H3,(H,22,23,24). The van der Waals surface area contributed by atoms with Gasteiger partial charge in [0.05, 0.1) is 0 Å². The van der Waals surface area contributed by atoms with Gasteiger partial charge in [0.2, 0.25) is 0 Å². The van der Waals surface area contributed by atoms with Crippen LogP contribution in [0.4, 0.5) is 5.82 Å². The molecule has 0 aliphatic heterocycles. The molecule has 0 unspecified atom stereocenters. The molecule has 2 rings (SSSR count). The van der Waals surface area contributed by atoms with Gasteiger partial charge in [0, 0.05) is 31.3 Å². The summed E-state index contributed by atoms with van der Waals surface area (Å²) in [6, 6.07) is 11.6. The van der Waals surface area contributed by atoms with Crippen molar-refractivity contribution in [2.45, 2.75) is 40.5 Å². The number of rotatable bonds is 9. The molecule has 0 spiro atoms. The Morgan fingerprint density at radius 3 is 2.31 bits per heavy atom. The van der Waals surface area contributed by atoms with Crippen molar-refractivity contribution < 1.29 is 4.79 Å². The van der Waals surface area contributed by atoms with E-state index in [9.17, 15) is 4.79 Å². The molecule has 1 aromatic carbocycles. The summed E-state index contributed by atoms with van der Waals surface area (Å²) >= 11 is 0. The van der Waals surface area contributed by atoms with Crippen molar-refractivity contribution in [1.29, 1.82) is 0 Å². The molecule has 5 nitrogen and oxygen atoms in total. The molecule has 0 saturated heterocycles. The van der Waals surface area contributed by atoms with Gasteiger partial charge in [-0.15, -0.1) is 0 Å². The lowest BCUT2D eigenvalue weighted by atomic mass is 10.2. The first kappa shape index (κ1) is 19.9. The van der Waals surface area contributed by atoms with E-state index in [2.05, 4.69) is 43.0 Å². The molecule has 1 aromatic heterocycles. The maximum Gasteiger partial charge on any atom is 0.272 e. The molecule has 2 aromatic rings. The SMILES string of the molecule is CCCN(CCC)C(=O)c1cc(NCC(C)C)nc(-c2ccccc2)n1. The minimum atomic E-state index is -0.0270. The van der Waals surface area contributed by atoms with Crippen LogP contribution >= 0.6 is 0 Å². The summed E-state index contributed by atoms with van der Waals surface area (Å²) in [5, 5.41) is 3.33. The van der Waals surface area contributed by atoms with Gasteiger partial charge >= 0.3 is 0 Å². The van der Waals surface area contributed by atoms with Crippen molar-refractivity contribution in [2.24, 2.45) is 5.92 Å². The fraction of sp³-hybridized carbons (Fsp3) is 0.476. The number of hydrogen-bond acceptors (Lipinski definition) is 4. The Hall–Kier alpha value is -2.43. The molecule has 1 amide bonds. The summed E-state index contributed by atoms with van der Waals surface area (Å²) < 4.78 is 0. The molecule has 0 bridgehead atoms. The first-order chi connectivity index (χ1) is 12.5. The van der Waals surface area contributed by atoms with Gasteiger partial charge < -0.3 is 10.2 Å². The summed E-state index contributed by atoms with van der Waals surface area (Å²) in [7, 11) is 0. The highest BCUT2D eigenvalue weighted by Crippen LogP contribution is 2.19. The van der Waals surface area contributed by atoms with Crippen LogP contribution in [0.5, 0.6) is 0 Å². The van der Waals surface area contributed by atoms with Gasteiger partial charge in [-0.05, 0) is 18.8 Å². The number of aromatic nitrogens is 2. The number of anilines is 1. The Kier molecular flexibility index (Phi) is 7.57. The van der Waals surface area contributed by atoms with Crippen LogP contribution in [0.1, 0.15) is 51.0 Å². The van der Waals surface area contributed by atoms with E-state index < -0.39 is 0 Å². The lowest BCUT2D eigenvalue weighted by Gasteiger charge is -2.21. The zero-order chi connectivity index (χ0) is 18.9. The highest BCUT2D eigenvalue weighted by atomic mass is 16.2. The first-order valence-electron chi connectivity index (χ1n) is 9.52. The molecule has 0 aliphatic carbocycles. The number of hydrogen-bond donors (Lipinski definition) is 1. The number of benzene rings is 1. The highest BCUT2D eigenvalue weighted by molar-refractivity contribution is 5.93. The van der Waals surface area contributed by atoms with E-state index in [0.29, 0.717) is 23.3 Å². The second kappa shape index (κ2) is 9.90. The minimum Gasteiger partial charge on any atom is -0.370 e. The summed E-state index contributed by atoms with van der Waals surface area (Å²) in [6.07, 6.45) is 1.86. The number of nitrogens with one attached hydrogen (secondary N) is 1. The summed E-state index contributed by atoms with van der Waals surface area (Å²) in [4.78, 5) is 24.1.